The molecule has 9 aromatic carbocycles. The van der Waals surface area contributed by atoms with E-state index < -0.39 is 33.4 Å². The first-order valence-electron chi connectivity index (χ1n) is 31.6. The van der Waals surface area contributed by atoms with E-state index in [0.717, 1.165) is 109 Å². The van der Waals surface area contributed by atoms with Crippen molar-refractivity contribution < 1.29 is 36.2 Å². The molecule has 3 fully saturated rings. The van der Waals surface area contributed by atoms with Gasteiger partial charge in [0.05, 0.1) is 43.6 Å². The minimum atomic E-state index is -4.69. The first kappa shape index (κ1) is 63.1. The van der Waals surface area contributed by atoms with Gasteiger partial charge in [-0.15, -0.1) is 13.2 Å². The van der Waals surface area contributed by atoms with Crippen molar-refractivity contribution in [3.05, 3.63) is 257 Å². The van der Waals surface area contributed by atoms with Crippen LogP contribution in [0.1, 0.15) is 151 Å². The van der Waals surface area contributed by atoms with Crippen LogP contribution >= 0.6 is 0 Å². The van der Waals surface area contributed by atoms with Crippen molar-refractivity contribution in [3.63, 3.8) is 0 Å². The lowest BCUT2D eigenvalue weighted by Gasteiger charge is -2.21. The molecule has 6 atom stereocenters. The van der Waals surface area contributed by atoms with E-state index >= 15 is 0 Å². The number of nitrogens with one attached hydrogen (secondary N) is 4. The topological polar surface area (TPSA) is 205 Å². The second-order valence-corrected chi connectivity index (χ2v) is 28.4. The van der Waals surface area contributed by atoms with Gasteiger partial charge in [0.25, 0.3) is 0 Å². The molecule has 0 radical (unpaired) electrons. The van der Waals surface area contributed by atoms with Gasteiger partial charge in [0.1, 0.15) is 23.2 Å². The van der Waals surface area contributed by atoms with Crippen LogP contribution < -0.4 is 15.2 Å². The van der Waals surface area contributed by atoms with Gasteiger partial charge in [0.15, 0.2) is 0 Å². The zero-order chi connectivity index (χ0) is 66.0. The third-order valence-corrected chi connectivity index (χ3v) is 19.6. The quantitative estimate of drug-likeness (QED) is 0.0616. The maximum atomic E-state index is 13.1. The first-order chi connectivity index (χ1) is 44.8. The van der Waals surface area contributed by atoms with Crippen molar-refractivity contribution >= 4 is 49.0 Å². The number of carbonyl (C=O) groups excluding carboxylic acids is 1. The van der Waals surface area contributed by atoms with Crippen LogP contribution in [0.4, 0.5) is 13.2 Å². The summed E-state index contributed by atoms with van der Waals surface area (Å²) in [7, 11) is -3.67. The zero-order valence-corrected chi connectivity index (χ0v) is 54.0. The van der Waals surface area contributed by atoms with Crippen molar-refractivity contribution in [3.8, 4) is 39.1 Å². The summed E-state index contributed by atoms with van der Waals surface area (Å²) in [6.45, 7) is 13.3. The highest BCUT2D eigenvalue weighted by molar-refractivity contribution is 7.89. The normalized spacial score (nSPS) is 18.5. The average molecular weight is 1280 g/mol. The number of aliphatic hydroxyl groups is 1. The number of aryl methyl sites for hydroxylation is 2. The van der Waals surface area contributed by atoms with E-state index in [4.69, 9.17) is 20.7 Å². The number of amides is 1. The van der Waals surface area contributed by atoms with Crippen molar-refractivity contribution in [2.24, 2.45) is 5.73 Å². The highest BCUT2D eigenvalue weighted by Gasteiger charge is 2.44. The number of aromatic amines is 3. The second-order valence-electron chi connectivity index (χ2n) is 26.7. The number of aromatic nitrogens is 6. The molecule has 17 heteroatoms. The van der Waals surface area contributed by atoms with E-state index in [1.54, 1.807) is 44.2 Å². The van der Waals surface area contributed by atoms with Crippen LogP contribution in [0.15, 0.2) is 205 Å². The molecule has 3 saturated carbocycles. The summed E-state index contributed by atoms with van der Waals surface area (Å²) < 4.78 is 70.0. The Morgan fingerprint density at radius 2 is 0.894 bits per heavy atom. The number of fused-ring (bicyclic) bond motifs is 3. The van der Waals surface area contributed by atoms with Crippen molar-refractivity contribution in [1.29, 1.82) is 0 Å². The Hall–Kier alpha value is -9.68. The number of nitrogens with zero attached hydrogens (tertiary/aromatic N) is 3. The largest absolute Gasteiger partial charge is 0.573 e. The lowest BCUT2D eigenvalue weighted by atomic mass is 9.89. The third-order valence-electron chi connectivity index (χ3n) is 17.8. The average Bonchev–Trinajstić information content (AvgIpc) is 1.59. The fourth-order valence-corrected chi connectivity index (χ4v) is 14.5. The van der Waals surface area contributed by atoms with Gasteiger partial charge in [-0.2, -0.15) is 0 Å². The summed E-state index contributed by atoms with van der Waals surface area (Å²) in [6.07, 6.45) is -1.59. The summed E-state index contributed by atoms with van der Waals surface area (Å²) in [5.41, 5.74) is 22.5. The molecule has 1 amide bonds. The van der Waals surface area contributed by atoms with Gasteiger partial charge in [-0.05, 0) is 196 Å². The molecule has 0 saturated heterocycles. The number of benzene rings is 9. The van der Waals surface area contributed by atoms with Crippen LogP contribution in [0.25, 0.3) is 66.5 Å². The summed E-state index contributed by atoms with van der Waals surface area (Å²) in [6, 6.07) is 63.9. The monoisotopic (exact) mass is 1280 g/mol. The van der Waals surface area contributed by atoms with E-state index in [1.165, 1.54) is 34.4 Å². The van der Waals surface area contributed by atoms with E-state index in [0.29, 0.717) is 34.8 Å². The molecular weight excluding hydrogens is 1210 g/mol. The van der Waals surface area contributed by atoms with Crippen LogP contribution in [0.5, 0.6) is 5.75 Å². The van der Waals surface area contributed by atoms with Crippen LogP contribution in [0.2, 0.25) is 0 Å². The van der Waals surface area contributed by atoms with Crippen LogP contribution in [-0.2, 0) is 15.6 Å². The minimum absolute atomic E-state index is 0.193. The maximum Gasteiger partial charge on any atom is 0.573 e. The molecular formula is C77H73F3N8O5S. The molecule has 3 aliphatic rings. The molecule has 7 N–H and O–H groups in total. The SMILES string of the molecule is CC(C)(O)c1ccccc1-c1ccc2nc(C3CC3c3ccc(OC(F)(F)F)cc3)[nH]c2c1.Cc1ccc(C2CC2c2nc3ccc(-c4ccccc4C(N)=O)cc3[nH]2)cc1.Cc1ccc(C2CC2c2nc3ccc(-c4ccccc4S(=O)(=O)NC(C)(C)C)cc3[nH]2)cc1. The molecule has 15 rings (SSSR count). The summed E-state index contributed by atoms with van der Waals surface area (Å²) >= 11 is 0. The molecule has 0 spiro atoms. The fraction of sp³-hybridized carbons (Fsp3) is 0.247. The number of rotatable bonds is 14. The molecule has 3 aliphatic carbocycles. The lowest BCUT2D eigenvalue weighted by molar-refractivity contribution is -0.274. The molecule has 3 heterocycles. The predicted molar refractivity (Wildman–Crippen MR) is 364 cm³/mol. The van der Waals surface area contributed by atoms with Crippen LogP contribution in [-0.4, -0.2) is 61.2 Å². The van der Waals surface area contributed by atoms with Gasteiger partial charge < -0.3 is 30.5 Å². The fourth-order valence-electron chi connectivity index (χ4n) is 12.9. The maximum absolute atomic E-state index is 13.1. The van der Waals surface area contributed by atoms with Gasteiger partial charge in [0.2, 0.25) is 15.9 Å². The van der Waals surface area contributed by atoms with Gasteiger partial charge >= 0.3 is 6.36 Å². The Labute approximate surface area is 544 Å². The highest BCUT2D eigenvalue weighted by atomic mass is 32.2. The second kappa shape index (κ2) is 24.7. The van der Waals surface area contributed by atoms with E-state index in [9.17, 15) is 31.5 Å². The number of hydrogen-bond donors (Lipinski definition) is 6. The summed E-state index contributed by atoms with van der Waals surface area (Å²) in [4.78, 5) is 36.8. The van der Waals surface area contributed by atoms with E-state index in [2.05, 4.69) is 92.9 Å². The number of halogens is 3. The van der Waals surface area contributed by atoms with E-state index in [-0.39, 0.29) is 22.5 Å². The minimum Gasteiger partial charge on any atom is -0.406 e. The number of carbonyl (C=O) groups is 1. The lowest BCUT2D eigenvalue weighted by Crippen LogP contribution is -2.40. The van der Waals surface area contributed by atoms with Gasteiger partial charge in [-0.3, -0.25) is 4.79 Å². The standard InChI is InChI=1S/C27H29N3O2S.C26H23F3N2O2.C24H21N3O/c1-17-9-11-18(12-10-17)21-16-22(21)26-28-23-14-13-19(15-24(23)29-26)20-7-5-6-8-25(20)33(31,32)30-27(2,3)4;1-25(2,32)21-6-4-3-5-18(21)16-9-12-22-23(13-16)31-24(30-22)20-14-19(20)15-7-10-17(11-8-15)33-26(27,28)29;1-14-6-8-15(9-7-14)19-13-20(19)24-26-21-11-10-16(12-22(21)27-24)17-4-2-3-5-18(17)23(25)28/h5-15,21-22,30H,16H2,1-4H3,(H,28,29);3-13,19-20,32H,14H2,1-2H3,(H,30,31);2-12,19-20H,13H2,1H3,(H2,25,28)(H,26,27). The molecule has 0 aliphatic heterocycles. The number of primary amides is 1. The Morgan fingerprint density at radius 1 is 0.511 bits per heavy atom. The number of H-pyrrole nitrogens is 3. The van der Waals surface area contributed by atoms with Gasteiger partial charge in [0, 0.05) is 34.4 Å². The predicted octanol–water partition coefficient (Wildman–Crippen LogP) is 17.4. The van der Waals surface area contributed by atoms with Gasteiger partial charge in [-0.1, -0.05) is 151 Å². The zero-order valence-electron chi connectivity index (χ0n) is 53.2. The molecule has 0 bridgehead atoms. The summed E-state index contributed by atoms with van der Waals surface area (Å²) in [5.74, 6) is 4.56. The Kier molecular flexibility index (Phi) is 16.6. The smallest absolute Gasteiger partial charge is 0.406 e. The molecule has 478 valence electrons. The van der Waals surface area contributed by atoms with Crippen molar-refractivity contribution in [1.82, 2.24) is 34.6 Å². The van der Waals surface area contributed by atoms with Crippen LogP contribution in [0.3, 0.4) is 0 Å². The van der Waals surface area contributed by atoms with E-state index in [1.807, 2.05) is 124 Å². The number of sulfonamides is 1. The number of alkyl halides is 3. The molecule has 13 nitrogen and oxygen atoms in total. The number of nitrogens with two attached hydrogens (primary N) is 1. The first-order valence-corrected chi connectivity index (χ1v) is 33.1. The summed E-state index contributed by atoms with van der Waals surface area (Å²) in [5, 5.41) is 10.6. The molecule has 3 aromatic heterocycles. The van der Waals surface area contributed by atoms with Crippen molar-refractivity contribution in [2.75, 3.05) is 0 Å². The number of hydrogen-bond acceptors (Lipinski definition) is 8. The number of ether oxygens (including phenoxy) is 1. The Morgan fingerprint density at radius 3 is 1.32 bits per heavy atom. The van der Waals surface area contributed by atoms with Crippen LogP contribution in [0, 0.1) is 13.8 Å². The molecule has 6 unspecified atom stereocenters. The number of imidazole rings is 3. The molecule has 94 heavy (non-hydrogen) atoms. The Balaban J connectivity index is 0.000000129. The third kappa shape index (κ3) is 14.0. The molecule has 12 aromatic rings. The van der Waals surface area contributed by atoms with Crippen molar-refractivity contribution in [2.45, 2.75) is 126 Å². The highest BCUT2D eigenvalue weighted by Crippen LogP contribution is 2.56. The van der Waals surface area contributed by atoms with Gasteiger partial charge in [-0.25, -0.2) is 28.1 Å². The Bertz CT molecular complexity index is 4910.